The minimum absolute atomic E-state index is 0.0247. The number of nitrogens with one attached hydrogen (secondary N) is 3. The molecular weight excluding hydrogens is 350 g/mol. The van der Waals surface area contributed by atoms with E-state index in [9.17, 15) is 18.0 Å². The van der Waals surface area contributed by atoms with Crippen molar-refractivity contribution in [3.63, 3.8) is 0 Å². The van der Waals surface area contributed by atoms with E-state index in [2.05, 4.69) is 15.0 Å². The van der Waals surface area contributed by atoms with Gasteiger partial charge in [-0.15, -0.1) is 0 Å². The maximum atomic E-state index is 12.2. The highest BCUT2D eigenvalue weighted by Gasteiger charge is 2.27. The number of carboxylic acids is 1. The second-order valence-electron chi connectivity index (χ2n) is 6.00. The number of methoxy groups -OCH3 is 1. The van der Waals surface area contributed by atoms with Crippen molar-refractivity contribution in [2.75, 3.05) is 20.3 Å². The minimum Gasteiger partial charge on any atom is -0.481 e. The van der Waals surface area contributed by atoms with E-state index in [1.165, 1.54) is 19.4 Å². The van der Waals surface area contributed by atoms with Gasteiger partial charge in [-0.2, -0.15) is 0 Å². The number of hydrogen-bond acceptors (Lipinski definition) is 5. The average Bonchev–Trinajstić information content (AvgIpc) is 3.06. The molecule has 0 aliphatic heterocycles. The number of aromatic amines is 1. The van der Waals surface area contributed by atoms with Crippen molar-refractivity contribution in [3.05, 3.63) is 18.0 Å². The molecule has 9 nitrogen and oxygen atoms in total. The van der Waals surface area contributed by atoms with Gasteiger partial charge in [-0.3, -0.25) is 9.59 Å². The SMILES string of the molecule is COCCNS(=O)(=O)c1c[nH]c(C(=O)NC2CCC(C(=O)O)CC2)c1. The minimum atomic E-state index is -3.70. The van der Waals surface area contributed by atoms with Gasteiger partial charge in [0.05, 0.1) is 12.5 Å². The predicted molar refractivity (Wildman–Crippen MR) is 88.7 cm³/mol. The summed E-state index contributed by atoms with van der Waals surface area (Å²) < 4.78 is 31.3. The van der Waals surface area contributed by atoms with Crippen molar-refractivity contribution in [1.82, 2.24) is 15.0 Å². The zero-order valence-electron chi connectivity index (χ0n) is 13.9. The largest absolute Gasteiger partial charge is 0.481 e. The summed E-state index contributed by atoms with van der Waals surface area (Å²) in [5.41, 5.74) is 0.146. The van der Waals surface area contributed by atoms with E-state index in [4.69, 9.17) is 9.84 Å². The van der Waals surface area contributed by atoms with Gasteiger partial charge in [-0.1, -0.05) is 0 Å². The molecule has 10 heteroatoms. The van der Waals surface area contributed by atoms with Gasteiger partial charge in [0.25, 0.3) is 5.91 Å². The molecular formula is C15H23N3O6S. The molecule has 25 heavy (non-hydrogen) atoms. The first-order valence-corrected chi connectivity index (χ1v) is 9.52. The Morgan fingerprint density at radius 3 is 2.60 bits per heavy atom. The van der Waals surface area contributed by atoms with Crippen LogP contribution >= 0.6 is 0 Å². The molecule has 1 aromatic heterocycles. The zero-order valence-corrected chi connectivity index (χ0v) is 14.8. The number of H-pyrrole nitrogens is 1. The molecule has 1 aliphatic carbocycles. The lowest BCUT2D eigenvalue weighted by atomic mass is 9.86. The fourth-order valence-corrected chi connectivity index (χ4v) is 3.78. The second-order valence-corrected chi connectivity index (χ2v) is 7.77. The number of aliphatic carboxylic acids is 1. The number of carbonyl (C=O) groups excluding carboxylic acids is 1. The van der Waals surface area contributed by atoms with Gasteiger partial charge in [0, 0.05) is 25.9 Å². The molecule has 0 radical (unpaired) electrons. The molecule has 0 aromatic carbocycles. The maximum Gasteiger partial charge on any atom is 0.306 e. The molecule has 0 saturated heterocycles. The Morgan fingerprint density at radius 2 is 2.00 bits per heavy atom. The average molecular weight is 373 g/mol. The quantitative estimate of drug-likeness (QED) is 0.484. The molecule has 4 N–H and O–H groups in total. The number of carbonyl (C=O) groups is 2. The van der Waals surface area contributed by atoms with Crippen molar-refractivity contribution in [1.29, 1.82) is 0 Å². The van der Waals surface area contributed by atoms with E-state index >= 15 is 0 Å². The first-order valence-electron chi connectivity index (χ1n) is 8.04. The van der Waals surface area contributed by atoms with Crippen LogP contribution in [0.2, 0.25) is 0 Å². The van der Waals surface area contributed by atoms with Crippen LogP contribution in [0.5, 0.6) is 0 Å². The highest BCUT2D eigenvalue weighted by atomic mass is 32.2. The Hall–Kier alpha value is -1.91. The van der Waals surface area contributed by atoms with Gasteiger partial charge in [-0.25, -0.2) is 13.1 Å². The van der Waals surface area contributed by atoms with Crippen molar-refractivity contribution in [3.8, 4) is 0 Å². The molecule has 1 fully saturated rings. The van der Waals surface area contributed by atoms with Crippen LogP contribution < -0.4 is 10.0 Å². The molecule has 1 amide bonds. The Balaban J connectivity index is 1.91. The van der Waals surface area contributed by atoms with Crippen LogP contribution in [0.4, 0.5) is 0 Å². The second kappa shape index (κ2) is 8.45. The van der Waals surface area contributed by atoms with E-state index in [0.29, 0.717) is 25.7 Å². The lowest BCUT2D eigenvalue weighted by molar-refractivity contribution is -0.142. The van der Waals surface area contributed by atoms with Gasteiger partial charge >= 0.3 is 5.97 Å². The zero-order chi connectivity index (χ0) is 18.4. The fourth-order valence-electron chi connectivity index (χ4n) is 2.77. The van der Waals surface area contributed by atoms with Gasteiger partial charge in [0.15, 0.2) is 0 Å². The van der Waals surface area contributed by atoms with Gasteiger partial charge in [0.1, 0.15) is 10.6 Å². The molecule has 0 atom stereocenters. The van der Waals surface area contributed by atoms with E-state index < -0.39 is 21.9 Å². The first kappa shape index (κ1) is 19.4. The number of aromatic nitrogens is 1. The molecule has 1 aromatic rings. The van der Waals surface area contributed by atoms with Crippen LogP contribution in [0.3, 0.4) is 0 Å². The molecule has 140 valence electrons. The summed E-state index contributed by atoms with van der Waals surface area (Å²) in [6.45, 7) is 0.383. The molecule has 0 unspecified atom stereocenters. The Morgan fingerprint density at radius 1 is 1.32 bits per heavy atom. The van der Waals surface area contributed by atoms with E-state index in [1.807, 2.05) is 0 Å². The number of carboxylic acid groups (broad SMARTS) is 1. The summed E-state index contributed by atoms with van der Waals surface area (Å²) in [7, 11) is -2.23. The summed E-state index contributed by atoms with van der Waals surface area (Å²) >= 11 is 0. The normalized spacial score (nSPS) is 21.0. The molecule has 0 bridgehead atoms. The summed E-state index contributed by atoms with van der Waals surface area (Å²) in [6, 6.07) is 1.17. The summed E-state index contributed by atoms with van der Waals surface area (Å²) in [4.78, 5) is 25.8. The van der Waals surface area contributed by atoms with Crippen molar-refractivity contribution in [2.45, 2.75) is 36.6 Å². The number of hydrogen-bond donors (Lipinski definition) is 4. The van der Waals surface area contributed by atoms with Crippen LogP contribution in [0.15, 0.2) is 17.2 Å². The lowest BCUT2D eigenvalue weighted by Crippen LogP contribution is -2.38. The number of sulfonamides is 1. The van der Waals surface area contributed by atoms with E-state index in [-0.39, 0.29) is 35.7 Å². The summed E-state index contributed by atoms with van der Waals surface area (Å²) in [5.74, 6) is -1.56. The third-order valence-electron chi connectivity index (χ3n) is 4.22. The number of ether oxygens (including phenoxy) is 1. The van der Waals surface area contributed by atoms with Gasteiger partial charge in [-0.05, 0) is 31.7 Å². The van der Waals surface area contributed by atoms with Crippen LogP contribution in [-0.4, -0.2) is 56.7 Å². The van der Waals surface area contributed by atoms with E-state index in [0.717, 1.165) is 0 Å². The third-order valence-corrected chi connectivity index (χ3v) is 5.66. The smallest absolute Gasteiger partial charge is 0.306 e. The molecule has 0 spiro atoms. The van der Waals surface area contributed by atoms with Crippen molar-refractivity contribution >= 4 is 21.9 Å². The summed E-state index contributed by atoms with van der Waals surface area (Å²) in [6.07, 6.45) is 3.48. The molecule has 2 rings (SSSR count). The Labute approximate surface area is 146 Å². The maximum absolute atomic E-state index is 12.2. The van der Waals surface area contributed by atoms with Crippen molar-refractivity contribution in [2.24, 2.45) is 5.92 Å². The molecule has 1 heterocycles. The number of rotatable bonds is 8. The topological polar surface area (TPSA) is 138 Å². The third kappa shape index (κ3) is 5.28. The Bertz CT molecular complexity index is 707. The summed E-state index contributed by atoms with van der Waals surface area (Å²) in [5, 5.41) is 11.8. The fraction of sp³-hybridized carbons (Fsp3) is 0.600. The highest BCUT2D eigenvalue weighted by Crippen LogP contribution is 2.24. The van der Waals surface area contributed by atoms with Crippen LogP contribution in [0.1, 0.15) is 36.2 Å². The molecule has 1 saturated carbocycles. The lowest BCUT2D eigenvalue weighted by Gasteiger charge is -2.26. The van der Waals surface area contributed by atoms with Crippen LogP contribution in [0, 0.1) is 5.92 Å². The van der Waals surface area contributed by atoms with E-state index in [1.54, 1.807) is 0 Å². The Kier molecular flexibility index (Phi) is 6.57. The highest BCUT2D eigenvalue weighted by molar-refractivity contribution is 7.89. The van der Waals surface area contributed by atoms with Gasteiger partial charge in [0.2, 0.25) is 10.0 Å². The monoisotopic (exact) mass is 373 g/mol. The standard InChI is InChI=1S/C15H23N3O6S/c1-24-7-6-17-25(22,23)12-8-13(16-9-12)14(19)18-11-4-2-10(3-5-11)15(20)21/h8-11,16-17H,2-7H2,1H3,(H,18,19)(H,20,21). The van der Waals surface area contributed by atoms with Gasteiger partial charge < -0.3 is 20.1 Å². The predicted octanol–water partition coefficient (Wildman–Crippen LogP) is 0.313. The number of amides is 1. The van der Waals surface area contributed by atoms with Crippen molar-refractivity contribution < 1.29 is 27.9 Å². The van der Waals surface area contributed by atoms with Crippen LogP contribution in [-0.2, 0) is 19.6 Å². The molecule has 1 aliphatic rings. The van der Waals surface area contributed by atoms with Crippen LogP contribution in [0.25, 0.3) is 0 Å². The first-order chi connectivity index (χ1) is 11.8.